The highest BCUT2D eigenvalue weighted by molar-refractivity contribution is 5.33. The first-order valence-corrected chi connectivity index (χ1v) is 6.32. The Bertz CT molecular complexity index is 416. The third-order valence-corrected chi connectivity index (χ3v) is 3.95. The number of β-amino-alcohol motifs (C(OH)–C–C–N with tert-alkyl or cyclic N) is 1. The van der Waals surface area contributed by atoms with E-state index in [1.54, 1.807) is 7.11 Å². The van der Waals surface area contributed by atoms with E-state index in [2.05, 4.69) is 4.90 Å². The average molecular weight is 233 g/mol. The zero-order valence-corrected chi connectivity index (χ0v) is 10.2. The molecule has 2 aliphatic rings. The van der Waals surface area contributed by atoms with E-state index >= 15 is 0 Å². The van der Waals surface area contributed by atoms with E-state index in [0.717, 1.165) is 36.9 Å². The van der Waals surface area contributed by atoms with Crippen LogP contribution in [0.1, 0.15) is 24.8 Å². The highest BCUT2D eigenvalue weighted by atomic mass is 16.5. The molecular formula is C14H19NO2. The molecule has 3 nitrogen and oxygen atoms in total. The Morgan fingerprint density at radius 3 is 2.94 bits per heavy atom. The predicted molar refractivity (Wildman–Crippen MR) is 66.1 cm³/mol. The Morgan fingerprint density at radius 1 is 1.41 bits per heavy atom. The fourth-order valence-corrected chi connectivity index (χ4v) is 2.72. The van der Waals surface area contributed by atoms with Crippen LogP contribution in [0.3, 0.4) is 0 Å². The van der Waals surface area contributed by atoms with Crippen molar-refractivity contribution in [3.05, 3.63) is 29.8 Å². The lowest BCUT2D eigenvalue weighted by atomic mass is 9.93. The zero-order valence-electron chi connectivity index (χ0n) is 10.2. The maximum absolute atomic E-state index is 10.7. The van der Waals surface area contributed by atoms with Gasteiger partial charge in [0, 0.05) is 19.1 Å². The monoisotopic (exact) mass is 233 g/mol. The van der Waals surface area contributed by atoms with Gasteiger partial charge in [0.05, 0.1) is 7.11 Å². The molecule has 1 atom stereocenters. The van der Waals surface area contributed by atoms with Crippen molar-refractivity contribution in [1.29, 1.82) is 0 Å². The fourth-order valence-electron chi connectivity index (χ4n) is 2.72. The normalized spacial score (nSPS) is 29.5. The molecule has 2 fully saturated rings. The van der Waals surface area contributed by atoms with Gasteiger partial charge in [0.2, 0.25) is 0 Å². The molecule has 0 amide bonds. The van der Waals surface area contributed by atoms with E-state index < -0.39 is 5.60 Å². The average Bonchev–Trinajstić information content (AvgIpc) is 3.13. The summed E-state index contributed by atoms with van der Waals surface area (Å²) in [5, 5.41) is 10.7. The van der Waals surface area contributed by atoms with Crippen molar-refractivity contribution in [2.24, 2.45) is 0 Å². The molecule has 92 valence electrons. The van der Waals surface area contributed by atoms with Gasteiger partial charge < -0.3 is 9.84 Å². The molecule has 0 bridgehead atoms. The summed E-state index contributed by atoms with van der Waals surface area (Å²) in [7, 11) is 1.66. The second kappa shape index (κ2) is 4.00. The van der Waals surface area contributed by atoms with Crippen molar-refractivity contribution in [1.82, 2.24) is 4.90 Å². The molecule has 1 saturated carbocycles. The van der Waals surface area contributed by atoms with Crippen molar-refractivity contribution in [2.45, 2.75) is 30.9 Å². The Kier molecular flexibility index (Phi) is 2.60. The minimum Gasteiger partial charge on any atom is -0.497 e. The molecule has 1 unspecified atom stereocenters. The Labute approximate surface area is 102 Å². The molecule has 17 heavy (non-hydrogen) atoms. The summed E-state index contributed by atoms with van der Waals surface area (Å²) >= 11 is 0. The summed E-state index contributed by atoms with van der Waals surface area (Å²) in [6.07, 6.45) is 3.43. The van der Waals surface area contributed by atoms with Crippen molar-refractivity contribution < 1.29 is 9.84 Å². The van der Waals surface area contributed by atoms with Gasteiger partial charge in [-0.3, -0.25) is 4.90 Å². The van der Waals surface area contributed by atoms with Crippen LogP contribution in [-0.2, 0) is 5.60 Å². The molecule has 1 aromatic carbocycles. The SMILES string of the molecule is COc1cccc(C2(O)CCN(C3CC3)C2)c1. The van der Waals surface area contributed by atoms with Crippen LogP contribution in [0, 0.1) is 0 Å². The first-order chi connectivity index (χ1) is 8.21. The van der Waals surface area contributed by atoms with Gasteiger partial charge in [0.15, 0.2) is 0 Å². The number of nitrogens with zero attached hydrogens (tertiary/aromatic N) is 1. The Morgan fingerprint density at radius 2 is 2.24 bits per heavy atom. The van der Waals surface area contributed by atoms with Crippen molar-refractivity contribution in [3.8, 4) is 5.75 Å². The lowest BCUT2D eigenvalue weighted by Crippen LogP contribution is -2.31. The summed E-state index contributed by atoms with van der Waals surface area (Å²) in [6, 6.07) is 8.55. The van der Waals surface area contributed by atoms with Gasteiger partial charge in [-0.1, -0.05) is 12.1 Å². The van der Waals surface area contributed by atoms with Gasteiger partial charge in [0.25, 0.3) is 0 Å². The molecule has 3 rings (SSSR count). The van der Waals surface area contributed by atoms with E-state index in [4.69, 9.17) is 4.74 Å². The third-order valence-electron chi connectivity index (χ3n) is 3.95. The summed E-state index contributed by atoms with van der Waals surface area (Å²) in [5.74, 6) is 0.820. The van der Waals surface area contributed by atoms with Gasteiger partial charge >= 0.3 is 0 Å². The number of methoxy groups -OCH3 is 1. The van der Waals surface area contributed by atoms with Gasteiger partial charge in [-0.05, 0) is 37.0 Å². The fraction of sp³-hybridized carbons (Fsp3) is 0.571. The third kappa shape index (κ3) is 2.05. The molecule has 1 heterocycles. The Balaban J connectivity index is 1.81. The molecular weight excluding hydrogens is 214 g/mol. The number of rotatable bonds is 3. The molecule has 0 spiro atoms. The smallest absolute Gasteiger partial charge is 0.119 e. The topological polar surface area (TPSA) is 32.7 Å². The first-order valence-electron chi connectivity index (χ1n) is 6.32. The van der Waals surface area contributed by atoms with Crippen LogP contribution < -0.4 is 4.74 Å². The summed E-state index contributed by atoms with van der Waals surface area (Å²) in [5.41, 5.74) is 0.303. The lowest BCUT2D eigenvalue weighted by molar-refractivity contribution is 0.0450. The molecule has 1 aliphatic heterocycles. The van der Waals surface area contributed by atoms with Crippen LogP contribution in [0.2, 0.25) is 0 Å². The van der Waals surface area contributed by atoms with Crippen LogP contribution in [0.5, 0.6) is 5.75 Å². The summed E-state index contributed by atoms with van der Waals surface area (Å²) in [6.45, 7) is 1.78. The maximum atomic E-state index is 10.7. The molecule has 0 radical (unpaired) electrons. The largest absolute Gasteiger partial charge is 0.497 e. The number of hydrogen-bond donors (Lipinski definition) is 1. The number of likely N-dealkylation sites (tertiary alicyclic amines) is 1. The standard InChI is InChI=1S/C14H19NO2/c1-17-13-4-2-3-11(9-13)14(16)7-8-15(10-14)12-5-6-12/h2-4,9,12,16H,5-8,10H2,1H3. The van der Waals surface area contributed by atoms with Crippen LogP contribution in [0.15, 0.2) is 24.3 Å². The van der Waals surface area contributed by atoms with E-state index in [9.17, 15) is 5.11 Å². The van der Waals surface area contributed by atoms with Crippen LogP contribution in [-0.4, -0.2) is 36.2 Å². The molecule has 0 aromatic heterocycles. The second-order valence-electron chi connectivity index (χ2n) is 5.22. The highest BCUT2D eigenvalue weighted by Crippen LogP contribution is 2.38. The van der Waals surface area contributed by atoms with Crippen molar-refractivity contribution >= 4 is 0 Å². The molecule has 3 heteroatoms. The molecule has 1 N–H and O–H groups in total. The van der Waals surface area contributed by atoms with Gasteiger partial charge in [-0.15, -0.1) is 0 Å². The van der Waals surface area contributed by atoms with E-state index in [1.807, 2.05) is 24.3 Å². The van der Waals surface area contributed by atoms with E-state index in [-0.39, 0.29) is 0 Å². The second-order valence-corrected chi connectivity index (χ2v) is 5.22. The summed E-state index contributed by atoms with van der Waals surface area (Å²) in [4.78, 5) is 2.42. The highest BCUT2D eigenvalue weighted by Gasteiger charge is 2.42. The first kappa shape index (κ1) is 11.1. The van der Waals surface area contributed by atoms with E-state index in [1.165, 1.54) is 12.8 Å². The van der Waals surface area contributed by atoms with Crippen molar-refractivity contribution in [3.63, 3.8) is 0 Å². The van der Waals surface area contributed by atoms with Crippen LogP contribution in [0.25, 0.3) is 0 Å². The Hall–Kier alpha value is -1.06. The quantitative estimate of drug-likeness (QED) is 0.863. The molecule has 1 aromatic rings. The molecule has 1 saturated heterocycles. The summed E-state index contributed by atoms with van der Waals surface area (Å²) < 4.78 is 5.22. The van der Waals surface area contributed by atoms with E-state index in [0.29, 0.717) is 0 Å². The van der Waals surface area contributed by atoms with Crippen LogP contribution >= 0.6 is 0 Å². The zero-order chi connectivity index (χ0) is 11.9. The van der Waals surface area contributed by atoms with Gasteiger partial charge in [-0.2, -0.15) is 0 Å². The number of benzene rings is 1. The minimum atomic E-state index is -0.683. The number of aliphatic hydroxyl groups is 1. The molecule has 1 aliphatic carbocycles. The lowest BCUT2D eigenvalue weighted by Gasteiger charge is -2.24. The minimum absolute atomic E-state index is 0.683. The maximum Gasteiger partial charge on any atom is 0.119 e. The number of hydrogen-bond acceptors (Lipinski definition) is 3. The van der Waals surface area contributed by atoms with Gasteiger partial charge in [0.1, 0.15) is 11.4 Å². The van der Waals surface area contributed by atoms with Gasteiger partial charge in [-0.25, -0.2) is 0 Å². The van der Waals surface area contributed by atoms with Crippen LogP contribution in [0.4, 0.5) is 0 Å². The number of ether oxygens (including phenoxy) is 1. The van der Waals surface area contributed by atoms with Crippen molar-refractivity contribution in [2.75, 3.05) is 20.2 Å². The predicted octanol–water partition coefficient (Wildman–Crippen LogP) is 1.75.